The smallest absolute Gasteiger partial charge is 0.276 e. The molecular formula is C20H25IN6O. The molecule has 3 aromatic rings. The van der Waals surface area contributed by atoms with E-state index in [4.69, 9.17) is 4.52 Å². The number of aromatic nitrogens is 3. The summed E-state index contributed by atoms with van der Waals surface area (Å²) in [6.45, 7) is 1.53. The van der Waals surface area contributed by atoms with Crippen LogP contribution in [0.4, 0.5) is 0 Å². The summed E-state index contributed by atoms with van der Waals surface area (Å²) in [6, 6.07) is 16.1. The number of guanidine groups is 1. The number of aryl methyl sites for hydroxylation is 1. The van der Waals surface area contributed by atoms with E-state index in [9.17, 15) is 0 Å². The van der Waals surface area contributed by atoms with Gasteiger partial charge in [-0.05, 0) is 30.5 Å². The van der Waals surface area contributed by atoms with Crippen molar-refractivity contribution in [2.75, 3.05) is 20.1 Å². The molecule has 8 heteroatoms. The zero-order valence-corrected chi connectivity index (χ0v) is 18.2. The number of hydrogen-bond acceptors (Lipinski definition) is 5. The summed E-state index contributed by atoms with van der Waals surface area (Å²) in [6.07, 6.45) is 4.43. The second-order valence-corrected chi connectivity index (χ2v) is 6.00. The van der Waals surface area contributed by atoms with Gasteiger partial charge in [0, 0.05) is 32.8 Å². The number of pyridine rings is 1. The van der Waals surface area contributed by atoms with Gasteiger partial charge in [0.25, 0.3) is 5.89 Å². The second kappa shape index (κ2) is 12.1. The van der Waals surface area contributed by atoms with E-state index in [1.165, 1.54) is 5.56 Å². The van der Waals surface area contributed by atoms with Crippen LogP contribution < -0.4 is 10.6 Å². The molecule has 0 spiro atoms. The molecule has 7 nitrogen and oxygen atoms in total. The van der Waals surface area contributed by atoms with Crippen LogP contribution in [0.15, 0.2) is 64.2 Å². The number of nitrogens with zero attached hydrogens (tertiary/aromatic N) is 4. The van der Waals surface area contributed by atoms with Crippen molar-refractivity contribution >= 4 is 29.9 Å². The second-order valence-electron chi connectivity index (χ2n) is 6.00. The average Bonchev–Trinajstić information content (AvgIpc) is 3.20. The minimum atomic E-state index is 0. The van der Waals surface area contributed by atoms with Crippen molar-refractivity contribution in [2.45, 2.75) is 19.3 Å². The molecule has 2 heterocycles. The highest BCUT2D eigenvalue weighted by Gasteiger charge is 2.09. The minimum absolute atomic E-state index is 0. The molecule has 3 rings (SSSR count). The van der Waals surface area contributed by atoms with Crippen molar-refractivity contribution in [3.05, 3.63) is 66.1 Å². The Morgan fingerprint density at radius 2 is 1.79 bits per heavy atom. The summed E-state index contributed by atoms with van der Waals surface area (Å²) in [4.78, 5) is 12.8. The molecule has 2 N–H and O–H groups in total. The van der Waals surface area contributed by atoms with Gasteiger partial charge in [0.1, 0.15) is 5.69 Å². The van der Waals surface area contributed by atoms with E-state index in [1.807, 2.05) is 24.3 Å². The predicted octanol–water partition coefficient (Wildman–Crippen LogP) is 3.09. The van der Waals surface area contributed by atoms with E-state index in [0.29, 0.717) is 30.4 Å². The Kier molecular flexibility index (Phi) is 9.40. The number of benzene rings is 1. The summed E-state index contributed by atoms with van der Waals surface area (Å²) in [5.74, 6) is 1.85. The molecule has 0 aliphatic rings. The van der Waals surface area contributed by atoms with Crippen molar-refractivity contribution in [1.29, 1.82) is 0 Å². The zero-order chi connectivity index (χ0) is 18.7. The monoisotopic (exact) mass is 492 g/mol. The zero-order valence-electron chi connectivity index (χ0n) is 15.8. The van der Waals surface area contributed by atoms with Crippen LogP contribution in [0.5, 0.6) is 0 Å². The maximum Gasteiger partial charge on any atom is 0.276 e. The normalized spacial score (nSPS) is 11.0. The van der Waals surface area contributed by atoms with Gasteiger partial charge in [-0.25, -0.2) is 0 Å². The van der Waals surface area contributed by atoms with Crippen LogP contribution in [0.25, 0.3) is 11.6 Å². The fourth-order valence-electron chi connectivity index (χ4n) is 2.61. The summed E-state index contributed by atoms with van der Waals surface area (Å²) in [5, 5.41) is 10.6. The lowest BCUT2D eigenvalue weighted by molar-refractivity contribution is 0.421. The molecule has 1 aromatic carbocycles. The maximum absolute atomic E-state index is 5.26. The Morgan fingerprint density at radius 1 is 1.00 bits per heavy atom. The fraction of sp³-hybridized carbons (Fsp3) is 0.300. The van der Waals surface area contributed by atoms with Crippen molar-refractivity contribution in [1.82, 2.24) is 25.8 Å². The van der Waals surface area contributed by atoms with E-state index >= 15 is 0 Å². The van der Waals surface area contributed by atoms with Gasteiger partial charge >= 0.3 is 0 Å². The quantitative estimate of drug-likeness (QED) is 0.218. The molecular weight excluding hydrogens is 467 g/mol. The topological polar surface area (TPSA) is 88.2 Å². The Hall–Kier alpha value is -2.49. The first-order chi connectivity index (χ1) is 13.3. The van der Waals surface area contributed by atoms with Crippen LogP contribution >= 0.6 is 24.0 Å². The highest BCUT2D eigenvalue weighted by molar-refractivity contribution is 14.0. The molecule has 0 bridgehead atoms. The van der Waals surface area contributed by atoms with Gasteiger partial charge in [-0.1, -0.05) is 41.6 Å². The highest BCUT2D eigenvalue weighted by atomic mass is 127. The van der Waals surface area contributed by atoms with Crippen molar-refractivity contribution < 1.29 is 4.52 Å². The molecule has 0 saturated carbocycles. The van der Waals surface area contributed by atoms with Gasteiger partial charge in [-0.3, -0.25) is 9.98 Å². The van der Waals surface area contributed by atoms with Crippen molar-refractivity contribution in [3.63, 3.8) is 0 Å². The number of rotatable bonds is 8. The van der Waals surface area contributed by atoms with E-state index < -0.39 is 0 Å². The van der Waals surface area contributed by atoms with Crippen molar-refractivity contribution in [2.24, 2.45) is 4.99 Å². The minimum Gasteiger partial charge on any atom is -0.356 e. The summed E-state index contributed by atoms with van der Waals surface area (Å²) >= 11 is 0. The Morgan fingerprint density at radius 3 is 2.54 bits per heavy atom. The SMILES string of the molecule is CN=C(NCCCc1ccccc1)NCCc1noc(-c2ccccn2)n1.I. The van der Waals surface area contributed by atoms with E-state index in [-0.39, 0.29) is 24.0 Å². The molecule has 0 aliphatic heterocycles. The van der Waals surface area contributed by atoms with Gasteiger partial charge in [0.15, 0.2) is 11.8 Å². The van der Waals surface area contributed by atoms with Crippen LogP contribution in [0.1, 0.15) is 17.8 Å². The first kappa shape index (κ1) is 21.8. The van der Waals surface area contributed by atoms with Gasteiger partial charge in [0.05, 0.1) is 0 Å². The molecule has 0 aliphatic carbocycles. The lowest BCUT2D eigenvalue weighted by Gasteiger charge is -2.11. The van der Waals surface area contributed by atoms with E-state index in [2.05, 4.69) is 55.0 Å². The summed E-state index contributed by atoms with van der Waals surface area (Å²) in [7, 11) is 1.76. The Labute approximate surface area is 182 Å². The number of nitrogens with one attached hydrogen (secondary N) is 2. The van der Waals surface area contributed by atoms with E-state index in [1.54, 1.807) is 13.2 Å². The van der Waals surface area contributed by atoms with Gasteiger partial charge < -0.3 is 15.2 Å². The summed E-state index contributed by atoms with van der Waals surface area (Å²) in [5.41, 5.74) is 2.03. The molecule has 28 heavy (non-hydrogen) atoms. The summed E-state index contributed by atoms with van der Waals surface area (Å²) < 4.78 is 5.26. The van der Waals surface area contributed by atoms with Gasteiger partial charge in [0.2, 0.25) is 0 Å². The number of hydrogen-bond donors (Lipinski definition) is 2. The van der Waals surface area contributed by atoms with Crippen LogP contribution in [0.2, 0.25) is 0 Å². The number of aliphatic imine (C=N–C) groups is 1. The molecule has 0 fully saturated rings. The van der Waals surface area contributed by atoms with E-state index in [0.717, 1.165) is 25.3 Å². The average molecular weight is 492 g/mol. The lowest BCUT2D eigenvalue weighted by Crippen LogP contribution is -2.38. The Balaban J connectivity index is 0.00000280. The third-order valence-electron chi connectivity index (χ3n) is 3.99. The maximum atomic E-state index is 5.26. The third-order valence-corrected chi connectivity index (χ3v) is 3.99. The molecule has 2 aromatic heterocycles. The molecule has 148 valence electrons. The molecule has 0 saturated heterocycles. The standard InChI is InChI=1S/C20H24N6O.HI/c1-21-20(23-14-7-10-16-8-3-2-4-9-16)24-15-12-18-25-19(27-26-18)17-11-5-6-13-22-17;/h2-6,8-9,11,13H,7,10,12,14-15H2,1H3,(H2,21,23,24);1H. The van der Waals surface area contributed by atoms with Crippen LogP contribution in [-0.4, -0.2) is 41.2 Å². The highest BCUT2D eigenvalue weighted by Crippen LogP contribution is 2.13. The van der Waals surface area contributed by atoms with Crippen LogP contribution in [-0.2, 0) is 12.8 Å². The fourth-order valence-corrected chi connectivity index (χ4v) is 2.61. The predicted molar refractivity (Wildman–Crippen MR) is 121 cm³/mol. The van der Waals surface area contributed by atoms with Crippen LogP contribution in [0.3, 0.4) is 0 Å². The molecule has 0 unspecified atom stereocenters. The molecule has 0 atom stereocenters. The lowest BCUT2D eigenvalue weighted by atomic mass is 10.1. The van der Waals surface area contributed by atoms with Gasteiger partial charge in [-0.2, -0.15) is 4.98 Å². The largest absolute Gasteiger partial charge is 0.356 e. The third kappa shape index (κ3) is 6.91. The first-order valence-corrected chi connectivity index (χ1v) is 9.07. The molecule has 0 amide bonds. The molecule has 0 radical (unpaired) electrons. The van der Waals surface area contributed by atoms with Gasteiger partial charge in [-0.15, -0.1) is 24.0 Å². The van der Waals surface area contributed by atoms with Crippen LogP contribution in [0, 0.1) is 0 Å². The number of halogens is 1. The Bertz CT molecular complexity index is 838. The van der Waals surface area contributed by atoms with Crippen molar-refractivity contribution in [3.8, 4) is 11.6 Å². The first-order valence-electron chi connectivity index (χ1n) is 9.07.